The minimum Gasteiger partial charge on any atom is -0.384 e. The predicted octanol–water partition coefficient (Wildman–Crippen LogP) is 0.619. The number of rotatable bonds is 4. The van der Waals surface area contributed by atoms with Crippen LogP contribution in [0.15, 0.2) is 18.3 Å². The maximum Gasteiger partial charge on any atom is 0.293 e. The second-order valence-electron chi connectivity index (χ2n) is 4.88. The van der Waals surface area contributed by atoms with Crippen molar-refractivity contribution in [2.75, 3.05) is 30.8 Å². The van der Waals surface area contributed by atoms with Crippen LogP contribution in [0.3, 0.4) is 0 Å². The van der Waals surface area contributed by atoms with E-state index in [-0.39, 0.29) is 6.42 Å². The normalized spacial score (nSPS) is 21.8. The Morgan fingerprint density at radius 1 is 1.60 bits per heavy atom. The number of carbonyl (C=O) groups is 1. The van der Waals surface area contributed by atoms with Gasteiger partial charge in [0.25, 0.3) is 13.3 Å². The van der Waals surface area contributed by atoms with Gasteiger partial charge in [0.05, 0.1) is 30.7 Å². The van der Waals surface area contributed by atoms with Gasteiger partial charge in [-0.1, -0.05) is 0 Å². The molecule has 5 nitrogen and oxygen atoms in total. The quantitative estimate of drug-likeness (QED) is 0.647. The number of piperidine rings is 1. The number of nitrogens with zero attached hydrogens (tertiary/aromatic N) is 3. The van der Waals surface area contributed by atoms with Gasteiger partial charge in [0.15, 0.2) is 0 Å². The fraction of sp³-hybridized carbons (Fsp3) is 0.500. The van der Waals surface area contributed by atoms with Crippen LogP contribution in [0.25, 0.3) is 0 Å². The molecule has 1 aliphatic rings. The van der Waals surface area contributed by atoms with Gasteiger partial charge in [-0.05, 0) is 25.6 Å². The van der Waals surface area contributed by atoms with Crippen molar-refractivity contribution in [3.8, 4) is 0 Å². The lowest BCUT2D eigenvalue weighted by atomic mass is 9.87. The first-order valence-corrected chi connectivity index (χ1v) is 6.29. The summed E-state index contributed by atoms with van der Waals surface area (Å²) in [5, 5.41) is 0. The van der Waals surface area contributed by atoms with Gasteiger partial charge in [-0.15, -0.1) is 0 Å². The van der Waals surface area contributed by atoms with Gasteiger partial charge in [0.2, 0.25) is 0 Å². The van der Waals surface area contributed by atoms with Crippen molar-refractivity contribution in [1.82, 2.24) is 9.79 Å². The molecule has 1 saturated heterocycles. The molecule has 2 N–H and O–H groups in total. The summed E-state index contributed by atoms with van der Waals surface area (Å²) >= 11 is 0. The van der Waals surface area contributed by atoms with Crippen molar-refractivity contribution in [3.05, 3.63) is 18.3 Å². The van der Waals surface area contributed by atoms with E-state index >= 15 is 0 Å². The number of anilines is 2. The van der Waals surface area contributed by atoms with E-state index in [2.05, 4.69) is 4.98 Å². The Balaban J connectivity index is 2.09. The topological polar surface area (TPSA) is 62.5 Å². The molecule has 1 fully saturated rings. The molecule has 0 aliphatic carbocycles. The van der Waals surface area contributed by atoms with Crippen LogP contribution in [0.4, 0.5) is 20.3 Å². The third-order valence-electron chi connectivity index (χ3n) is 3.49. The lowest BCUT2D eigenvalue weighted by Gasteiger charge is -2.42. The molecule has 1 radical (unpaired) electrons. The highest BCUT2D eigenvalue weighted by Gasteiger charge is 2.46. The predicted molar refractivity (Wildman–Crippen MR) is 74.5 cm³/mol. The average Bonchev–Trinajstić information content (AvgIpc) is 2.38. The monoisotopic (exact) mass is 281 g/mol. The van der Waals surface area contributed by atoms with Crippen LogP contribution in [0.2, 0.25) is 0 Å². The Hall–Kier alpha value is -1.70. The van der Waals surface area contributed by atoms with Crippen LogP contribution >= 0.6 is 0 Å². The maximum absolute atomic E-state index is 14.2. The van der Waals surface area contributed by atoms with E-state index in [0.717, 1.165) is 7.41 Å². The highest BCUT2D eigenvalue weighted by Crippen LogP contribution is 2.32. The SMILES string of the molecule is CN([B]C=O)C1CCN(c2ccc(N)nc2)CC1(F)F. The molecule has 8 heteroatoms. The Morgan fingerprint density at radius 3 is 2.90 bits per heavy atom. The zero-order valence-electron chi connectivity index (χ0n) is 11.2. The summed E-state index contributed by atoms with van der Waals surface area (Å²) in [5.74, 6) is -2.55. The first-order valence-electron chi connectivity index (χ1n) is 6.29. The fourth-order valence-corrected chi connectivity index (χ4v) is 2.43. The number of alkyl halides is 2. The molecular formula is C12H16BF2N4O. The molecule has 0 bridgehead atoms. The lowest BCUT2D eigenvalue weighted by molar-refractivity contribution is -0.0623. The summed E-state index contributed by atoms with van der Waals surface area (Å²) in [6.45, 7) is 0.0726. The molecule has 0 spiro atoms. The van der Waals surface area contributed by atoms with Crippen molar-refractivity contribution < 1.29 is 13.6 Å². The zero-order chi connectivity index (χ0) is 14.8. The highest BCUT2D eigenvalue weighted by atomic mass is 19.3. The van der Waals surface area contributed by atoms with Crippen molar-refractivity contribution in [3.63, 3.8) is 0 Å². The molecule has 1 atom stereocenters. The molecule has 1 aromatic heterocycles. The first kappa shape index (κ1) is 14.7. The molecule has 2 rings (SSSR count). The largest absolute Gasteiger partial charge is 0.384 e. The van der Waals surface area contributed by atoms with Crippen LogP contribution in [-0.4, -0.2) is 55.5 Å². The number of nitrogens with two attached hydrogens (primary N) is 1. The summed E-state index contributed by atoms with van der Waals surface area (Å²) in [4.78, 5) is 17.2. The second kappa shape index (κ2) is 5.74. The summed E-state index contributed by atoms with van der Waals surface area (Å²) in [6.07, 6.45) is 2.28. The van der Waals surface area contributed by atoms with Crippen molar-refractivity contribution >= 4 is 25.1 Å². The van der Waals surface area contributed by atoms with Crippen LogP contribution in [0, 0.1) is 0 Å². The number of pyridine rings is 1. The fourth-order valence-electron chi connectivity index (χ4n) is 2.43. The number of hydrogen-bond donors (Lipinski definition) is 1. The molecule has 0 saturated carbocycles. The standard InChI is InChI=1S/C12H16BF2N4O/c1-18(13-8-20)10-4-5-19(7-12(10,14)15)9-2-3-11(16)17-6-9/h2-3,6,8,10H,4-5,7H2,1H3,(H2,16,17). The van der Waals surface area contributed by atoms with Crippen molar-refractivity contribution in [2.45, 2.75) is 18.4 Å². The zero-order valence-corrected chi connectivity index (χ0v) is 11.2. The summed E-state index contributed by atoms with van der Waals surface area (Å²) in [7, 11) is 2.63. The van der Waals surface area contributed by atoms with Crippen LogP contribution in [-0.2, 0) is 4.79 Å². The van der Waals surface area contributed by atoms with E-state index in [4.69, 9.17) is 5.73 Å². The van der Waals surface area contributed by atoms with E-state index in [0.29, 0.717) is 24.2 Å². The lowest BCUT2D eigenvalue weighted by Crippen LogP contribution is -2.58. The third-order valence-corrected chi connectivity index (χ3v) is 3.49. The number of nitrogen functional groups attached to an aromatic ring is 1. The van der Waals surface area contributed by atoms with Gasteiger partial charge < -0.3 is 20.2 Å². The van der Waals surface area contributed by atoms with Gasteiger partial charge >= 0.3 is 0 Å². The molecule has 1 unspecified atom stereocenters. The maximum atomic E-state index is 14.2. The van der Waals surface area contributed by atoms with Crippen LogP contribution in [0.5, 0.6) is 0 Å². The van der Waals surface area contributed by atoms with Crippen LogP contribution in [0.1, 0.15) is 6.42 Å². The molecule has 20 heavy (non-hydrogen) atoms. The van der Waals surface area contributed by atoms with E-state index in [1.54, 1.807) is 17.0 Å². The Bertz CT molecular complexity index is 471. The number of aromatic nitrogens is 1. The summed E-state index contributed by atoms with van der Waals surface area (Å²) < 4.78 is 28.4. The Morgan fingerprint density at radius 2 is 2.35 bits per heavy atom. The molecule has 2 heterocycles. The highest BCUT2D eigenvalue weighted by molar-refractivity contribution is 6.64. The molecule has 0 aromatic carbocycles. The Kier molecular flexibility index (Phi) is 4.22. The van der Waals surface area contributed by atoms with Crippen molar-refractivity contribution in [1.29, 1.82) is 0 Å². The average molecular weight is 281 g/mol. The summed E-state index contributed by atoms with van der Waals surface area (Å²) in [6, 6.07) is 2.30. The molecule has 1 aromatic rings. The van der Waals surface area contributed by atoms with Gasteiger partial charge in [-0.25, -0.2) is 13.8 Å². The third kappa shape index (κ3) is 3.06. The van der Waals surface area contributed by atoms with E-state index in [9.17, 15) is 13.6 Å². The molecule has 0 amide bonds. The molecule has 107 valence electrons. The van der Waals surface area contributed by atoms with Crippen LogP contribution < -0.4 is 10.6 Å². The molecular weight excluding hydrogens is 265 g/mol. The minimum atomic E-state index is -2.91. The minimum absolute atomic E-state index is 0.262. The number of halogens is 2. The van der Waals surface area contributed by atoms with E-state index < -0.39 is 18.5 Å². The second-order valence-corrected chi connectivity index (χ2v) is 4.88. The smallest absolute Gasteiger partial charge is 0.293 e. The Labute approximate surface area is 117 Å². The van der Waals surface area contributed by atoms with Crippen molar-refractivity contribution in [2.24, 2.45) is 0 Å². The van der Waals surface area contributed by atoms with Gasteiger partial charge in [-0.2, -0.15) is 0 Å². The van der Waals surface area contributed by atoms with Gasteiger partial charge in [0, 0.05) is 6.54 Å². The van der Waals surface area contributed by atoms with E-state index in [1.807, 2.05) is 0 Å². The van der Waals surface area contributed by atoms with Gasteiger partial charge in [0.1, 0.15) is 5.82 Å². The summed E-state index contributed by atoms with van der Waals surface area (Å²) in [5.41, 5.74) is 6.11. The van der Waals surface area contributed by atoms with E-state index in [1.165, 1.54) is 18.1 Å². The number of carbonyl (C=O) groups excluding carboxylic acids is 1. The van der Waals surface area contributed by atoms with Gasteiger partial charge in [-0.3, -0.25) is 0 Å². The molecule has 1 aliphatic heterocycles. The number of hydrogen-bond acceptors (Lipinski definition) is 5. The first-order chi connectivity index (χ1) is 9.44.